The van der Waals surface area contributed by atoms with Crippen molar-refractivity contribution < 1.29 is 37.5 Å². The molecule has 0 saturated carbocycles. The molecule has 10 nitrogen and oxygen atoms in total. The maximum Gasteiger partial charge on any atom is 0.412 e. The number of halogens is 2. The molecule has 36 heavy (non-hydrogen) atoms. The van der Waals surface area contributed by atoms with Gasteiger partial charge < -0.3 is 14.4 Å². The van der Waals surface area contributed by atoms with Gasteiger partial charge in [0.1, 0.15) is 6.61 Å². The van der Waals surface area contributed by atoms with Crippen LogP contribution in [0.15, 0.2) is 59.1 Å². The normalized spacial score (nSPS) is 11.5. The van der Waals surface area contributed by atoms with Crippen molar-refractivity contribution in [3.63, 3.8) is 0 Å². The molecule has 0 bridgehead atoms. The molecule has 3 N–H and O–H groups in total. The lowest BCUT2D eigenvalue weighted by molar-refractivity contribution is -0.141. The first-order valence-corrected chi connectivity index (χ1v) is 10.9. The summed E-state index contributed by atoms with van der Waals surface area (Å²) >= 11 is 0. The molecule has 1 atom stereocenters. The Morgan fingerprint density at radius 3 is 2.58 bits per heavy atom. The molecule has 0 aliphatic carbocycles. The highest BCUT2D eigenvalue weighted by Crippen LogP contribution is 2.22. The van der Waals surface area contributed by atoms with Crippen LogP contribution in [0.25, 0.3) is 11.3 Å². The van der Waals surface area contributed by atoms with Crippen LogP contribution in [0.3, 0.4) is 0 Å². The smallest absolute Gasteiger partial charge is 0.412 e. The van der Waals surface area contributed by atoms with Crippen LogP contribution in [0.2, 0.25) is 0 Å². The van der Waals surface area contributed by atoms with E-state index < -0.39 is 35.6 Å². The number of amides is 2. The molecule has 0 spiro atoms. The van der Waals surface area contributed by atoms with Crippen LogP contribution in [0.4, 0.5) is 19.4 Å². The summed E-state index contributed by atoms with van der Waals surface area (Å²) in [6, 6.07) is 13.3. The third-order valence-electron chi connectivity index (χ3n) is 5.07. The highest BCUT2D eigenvalue weighted by atomic mass is 19.2. The van der Waals surface area contributed by atoms with Crippen LogP contribution in [0.1, 0.15) is 25.3 Å². The Labute approximate surface area is 204 Å². The van der Waals surface area contributed by atoms with E-state index in [1.165, 1.54) is 25.1 Å². The zero-order valence-corrected chi connectivity index (χ0v) is 19.2. The molecule has 2 amide bonds. The number of carbonyl (C=O) groups is 3. The molecule has 0 fully saturated rings. The van der Waals surface area contributed by atoms with E-state index in [2.05, 4.69) is 15.9 Å². The number of aliphatic carboxylic acids is 1. The van der Waals surface area contributed by atoms with Gasteiger partial charge in [-0.05, 0) is 12.5 Å². The van der Waals surface area contributed by atoms with Crippen LogP contribution in [-0.4, -0.2) is 45.9 Å². The first-order valence-electron chi connectivity index (χ1n) is 10.9. The second kappa shape index (κ2) is 12.4. The van der Waals surface area contributed by atoms with E-state index in [1.54, 1.807) is 12.1 Å². The average molecular weight is 502 g/mol. The Morgan fingerprint density at radius 2 is 1.89 bits per heavy atom. The third kappa shape index (κ3) is 7.34. The fraction of sp³-hybridized carbons (Fsp3) is 0.250. The summed E-state index contributed by atoms with van der Waals surface area (Å²) in [5, 5.41) is 16.3. The summed E-state index contributed by atoms with van der Waals surface area (Å²) in [6.45, 7) is 0.546. The first kappa shape index (κ1) is 26.3. The monoisotopic (exact) mass is 502 g/mol. The summed E-state index contributed by atoms with van der Waals surface area (Å²) in [6.07, 6.45) is -1.33. The summed E-state index contributed by atoms with van der Waals surface area (Å²) in [4.78, 5) is 35.7. The van der Waals surface area contributed by atoms with Crippen molar-refractivity contribution in [2.24, 2.45) is 0 Å². The lowest BCUT2D eigenvalue weighted by Crippen LogP contribution is -2.50. The molecule has 0 aliphatic rings. The standard InChI is InChI=1S/C24H24F2N4O6/c1-15(31)30(27-13-17-8-5-9-19(25)23(17)26)18(10-11-22(32)33)14-35-24(34)28-21-12-20(36-29-21)16-6-3-2-4-7-16/h2-9,12,18,27H,10-11,13-14H2,1H3,(H,32,33)(H,28,29,34)/t18-/m0/s1. The number of rotatable bonds is 11. The van der Waals surface area contributed by atoms with Crippen LogP contribution < -0.4 is 10.7 Å². The number of carboxylic acid groups (broad SMARTS) is 1. The van der Waals surface area contributed by atoms with Gasteiger partial charge in [-0.15, -0.1) is 0 Å². The second-order valence-corrected chi connectivity index (χ2v) is 7.69. The van der Waals surface area contributed by atoms with Crippen molar-refractivity contribution in [3.8, 4) is 11.3 Å². The minimum absolute atomic E-state index is 0.0443. The summed E-state index contributed by atoms with van der Waals surface area (Å²) in [7, 11) is 0. The average Bonchev–Trinajstić information content (AvgIpc) is 3.31. The molecule has 0 saturated heterocycles. The highest BCUT2D eigenvalue weighted by molar-refractivity contribution is 5.84. The SMILES string of the molecule is CC(=O)N(NCc1cccc(F)c1F)[C@@H](CCC(=O)O)COC(=O)Nc1cc(-c2ccccc2)on1. The molecule has 2 aromatic carbocycles. The lowest BCUT2D eigenvalue weighted by Gasteiger charge is -2.31. The number of carbonyl (C=O) groups excluding carboxylic acids is 2. The van der Waals surface area contributed by atoms with E-state index in [1.807, 2.05) is 18.2 Å². The van der Waals surface area contributed by atoms with Gasteiger partial charge in [0.15, 0.2) is 23.2 Å². The lowest BCUT2D eigenvalue weighted by atomic mass is 10.1. The molecule has 190 valence electrons. The third-order valence-corrected chi connectivity index (χ3v) is 5.07. The van der Waals surface area contributed by atoms with E-state index in [4.69, 9.17) is 14.4 Å². The molecule has 12 heteroatoms. The van der Waals surface area contributed by atoms with Crippen molar-refractivity contribution >= 4 is 23.8 Å². The molecular weight excluding hydrogens is 478 g/mol. The summed E-state index contributed by atoms with van der Waals surface area (Å²) in [5.74, 6) is -3.29. The van der Waals surface area contributed by atoms with Crippen LogP contribution >= 0.6 is 0 Å². The fourth-order valence-electron chi connectivity index (χ4n) is 3.32. The molecule has 3 aromatic rings. The number of hydrogen-bond donors (Lipinski definition) is 3. The van der Waals surface area contributed by atoms with E-state index >= 15 is 0 Å². The highest BCUT2D eigenvalue weighted by Gasteiger charge is 2.25. The van der Waals surface area contributed by atoms with Gasteiger partial charge in [-0.25, -0.2) is 19.0 Å². The van der Waals surface area contributed by atoms with Gasteiger partial charge in [0.05, 0.1) is 6.04 Å². The Bertz CT molecular complexity index is 1200. The zero-order chi connectivity index (χ0) is 26.1. The van der Waals surface area contributed by atoms with Crippen molar-refractivity contribution in [3.05, 3.63) is 71.8 Å². The van der Waals surface area contributed by atoms with E-state index in [0.29, 0.717) is 5.76 Å². The number of aromatic nitrogens is 1. The van der Waals surface area contributed by atoms with Gasteiger partial charge in [-0.2, -0.15) is 0 Å². The maximum atomic E-state index is 14.0. The minimum atomic E-state index is -1.12. The number of benzene rings is 2. The molecule has 1 aromatic heterocycles. The van der Waals surface area contributed by atoms with Crippen molar-refractivity contribution in [1.82, 2.24) is 15.6 Å². The quantitative estimate of drug-likeness (QED) is 0.336. The maximum absolute atomic E-state index is 14.0. The Kier molecular flexibility index (Phi) is 9.06. The van der Waals surface area contributed by atoms with Crippen LogP contribution in [0, 0.1) is 11.6 Å². The van der Waals surface area contributed by atoms with Crippen molar-refractivity contribution in [2.45, 2.75) is 32.4 Å². The predicted octanol–water partition coefficient (Wildman–Crippen LogP) is 3.96. The molecule has 0 unspecified atom stereocenters. The van der Waals surface area contributed by atoms with E-state index in [9.17, 15) is 23.2 Å². The molecule has 1 heterocycles. The van der Waals surface area contributed by atoms with Gasteiger partial charge in [0.2, 0.25) is 5.91 Å². The minimum Gasteiger partial charge on any atom is -0.481 e. The molecule has 0 aliphatic heterocycles. The molecule has 3 rings (SSSR count). The number of carboxylic acids is 1. The molecule has 0 radical (unpaired) electrons. The number of ether oxygens (including phenoxy) is 1. The largest absolute Gasteiger partial charge is 0.481 e. The first-order chi connectivity index (χ1) is 17.2. The van der Waals surface area contributed by atoms with Crippen LogP contribution in [0.5, 0.6) is 0 Å². The van der Waals surface area contributed by atoms with Crippen molar-refractivity contribution in [1.29, 1.82) is 0 Å². The Hall–Kier alpha value is -4.32. The zero-order valence-electron chi connectivity index (χ0n) is 19.2. The topological polar surface area (TPSA) is 134 Å². The summed E-state index contributed by atoms with van der Waals surface area (Å²) in [5.41, 5.74) is 3.37. The summed E-state index contributed by atoms with van der Waals surface area (Å²) < 4.78 is 37.9. The van der Waals surface area contributed by atoms with E-state index in [-0.39, 0.29) is 37.4 Å². The van der Waals surface area contributed by atoms with Crippen molar-refractivity contribution in [2.75, 3.05) is 11.9 Å². The number of nitrogens with one attached hydrogen (secondary N) is 2. The fourth-order valence-corrected chi connectivity index (χ4v) is 3.32. The Balaban J connectivity index is 1.63. The number of nitrogens with zero attached hydrogens (tertiary/aromatic N) is 2. The van der Waals surface area contributed by atoms with Gasteiger partial charge in [0, 0.05) is 37.1 Å². The van der Waals surface area contributed by atoms with Gasteiger partial charge in [-0.1, -0.05) is 47.6 Å². The number of hydrogen-bond acceptors (Lipinski definition) is 7. The molecular formula is C24H24F2N4O6. The van der Waals surface area contributed by atoms with Gasteiger partial charge in [-0.3, -0.25) is 19.9 Å². The van der Waals surface area contributed by atoms with Gasteiger partial charge in [0.25, 0.3) is 0 Å². The van der Waals surface area contributed by atoms with Crippen LogP contribution in [-0.2, 0) is 20.9 Å². The van der Waals surface area contributed by atoms with Gasteiger partial charge >= 0.3 is 12.1 Å². The van der Waals surface area contributed by atoms with E-state index in [0.717, 1.165) is 16.6 Å². The number of hydrazine groups is 1. The number of anilines is 1. The Morgan fingerprint density at radius 1 is 1.14 bits per heavy atom. The second-order valence-electron chi connectivity index (χ2n) is 7.69. The predicted molar refractivity (Wildman–Crippen MR) is 123 cm³/mol.